The number of rotatable bonds is 9. The summed E-state index contributed by atoms with van der Waals surface area (Å²) in [6, 6.07) is 0.583. The van der Waals surface area contributed by atoms with Gasteiger partial charge in [0.15, 0.2) is 0 Å². The quantitative estimate of drug-likeness (QED) is 0.580. The average Bonchev–Trinajstić information content (AvgIpc) is 2.13. The highest BCUT2D eigenvalue weighted by Crippen LogP contribution is 2.00. The molecule has 3 nitrogen and oxygen atoms in total. The molecular weight excluding hydrogens is 178 g/mol. The molecule has 0 radical (unpaired) electrons. The Balaban J connectivity index is 3.14. The zero-order valence-corrected chi connectivity index (χ0v) is 10.0. The van der Waals surface area contributed by atoms with Crippen LogP contribution in [0.2, 0.25) is 0 Å². The molecule has 0 aliphatic carbocycles. The molecule has 0 spiro atoms. The van der Waals surface area contributed by atoms with Crippen molar-refractivity contribution in [3.05, 3.63) is 0 Å². The number of nitrogens with one attached hydrogen (secondary N) is 1. The van der Waals surface area contributed by atoms with Gasteiger partial charge >= 0.3 is 0 Å². The van der Waals surface area contributed by atoms with Gasteiger partial charge in [-0.25, -0.2) is 0 Å². The van der Waals surface area contributed by atoms with Crippen LogP contribution in [0.4, 0.5) is 0 Å². The van der Waals surface area contributed by atoms with Crippen LogP contribution in [0.25, 0.3) is 0 Å². The average molecular weight is 203 g/mol. The van der Waals surface area contributed by atoms with E-state index in [1.165, 1.54) is 6.42 Å². The van der Waals surface area contributed by atoms with Crippen LogP contribution in [-0.4, -0.2) is 39.0 Å². The molecule has 0 aromatic heterocycles. The van der Waals surface area contributed by atoms with E-state index in [0.29, 0.717) is 25.4 Å². The third kappa shape index (κ3) is 9.96. The van der Waals surface area contributed by atoms with E-state index < -0.39 is 0 Å². The lowest BCUT2D eigenvalue weighted by Crippen LogP contribution is -2.24. The van der Waals surface area contributed by atoms with Crippen LogP contribution in [-0.2, 0) is 9.47 Å². The molecule has 0 rings (SSSR count). The molecule has 0 saturated carbocycles. The van der Waals surface area contributed by atoms with Gasteiger partial charge in [-0.15, -0.1) is 0 Å². The summed E-state index contributed by atoms with van der Waals surface area (Å²) in [5.41, 5.74) is 0. The molecule has 0 aliphatic heterocycles. The first-order valence-corrected chi connectivity index (χ1v) is 5.50. The van der Waals surface area contributed by atoms with Crippen molar-refractivity contribution in [2.24, 2.45) is 0 Å². The Kier molecular flexibility index (Phi) is 9.35. The Hall–Kier alpha value is -0.120. The van der Waals surface area contributed by atoms with E-state index in [9.17, 15) is 0 Å². The molecule has 0 fully saturated rings. The Morgan fingerprint density at radius 1 is 1.14 bits per heavy atom. The summed E-state index contributed by atoms with van der Waals surface area (Å²) in [6.45, 7) is 8.92. The molecule has 0 heterocycles. The van der Waals surface area contributed by atoms with Crippen LogP contribution in [0.5, 0.6) is 0 Å². The molecule has 0 saturated heterocycles. The standard InChI is InChI=1S/C11H25NO2/c1-10(2)12-7-5-6-11(3)14-9-8-13-4/h10-12H,5-9H2,1-4H3. The van der Waals surface area contributed by atoms with Crippen LogP contribution in [0, 0.1) is 0 Å². The SMILES string of the molecule is COCCOC(C)CCCNC(C)C. The van der Waals surface area contributed by atoms with E-state index in [2.05, 4.69) is 26.1 Å². The molecule has 1 unspecified atom stereocenters. The fourth-order valence-corrected chi connectivity index (χ4v) is 1.20. The summed E-state index contributed by atoms with van der Waals surface area (Å²) in [6.07, 6.45) is 2.63. The molecule has 0 amide bonds. The molecule has 86 valence electrons. The lowest BCUT2D eigenvalue weighted by Gasteiger charge is -2.13. The number of ether oxygens (including phenoxy) is 2. The second-order valence-electron chi connectivity index (χ2n) is 3.93. The fraction of sp³-hybridized carbons (Fsp3) is 1.00. The van der Waals surface area contributed by atoms with Crippen molar-refractivity contribution >= 4 is 0 Å². The van der Waals surface area contributed by atoms with Gasteiger partial charge in [0.25, 0.3) is 0 Å². The second-order valence-corrected chi connectivity index (χ2v) is 3.93. The smallest absolute Gasteiger partial charge is 0.0703 e. The van der Waals surface area contributed by atoms with E-state index in [-0.39, 0.29) is 0 Å². The number of hydrogen-bond acceptors (Lipinski definition) is 3. The van der Waals surface area contributed by atoms with Crippen molar-refractivity contribution in [1.82, 2.24) is 5.32 Å². The summed E-state index contributed by atoms with van der Waals surface area (Å²) in [7, 11) is 1.70. The van der Waals surface area contributed by atoms with Crippen LogP contribution < -0.4 is 5.32 Å². The molecule has 3 heteroatoms. The van der Waals surface area contributed by atoms with E-state index in [1.54, 1.807) is 7.11 Å². The summed E-state index contributed by atoms with van der Waals surface area (Å²) in [5.74, 6) is 0. The highest BCUT2D eigenvalue weighted by Gasteiger charge is 2.01. The molecule has 0 aromatic carbocycles. The topological polar surface area (TPSA) is 30.5 Å². The van der Waals surface area contributed by atoms with Crippen molar-refractivity contribution in [1.29, 1.82) is 0 Å². The summed E-state index contributed by atoms with van der Waals surface area (Å²) in [4.78, 5) is 0. The summed E-state index contributed by atoms with van der Waals surface area (Å²) < 4.78 is 10.4. The monoisotopic (exact) mass is 203 g/mol. The molecule has 14 heavy (non-hydrogen) atoms. The van der Waals surface area contributed by atoms with Gasteiger partial charge in [-0.1, -0.05) is 13.8 Å². The molecule has 1 N–H and O–H groups in total. The lowest BCUT2D eigenvalue weighted by atomic mass is 10.2. The number of hydrogen-bond donors (Lipinski definition) is 1. The normalized spacial score (nSPS) is 13.5. The maximum atomic E-state index is 5.54. The largest absolute Gasteiger partial charge is 0.382 e. The van der Waals surface area contributed by atoms with Crippen LogP contribution in [0.1, 0.15) is 33.6 Å². The van der Waals surface area contributed by atoms with Gasteiger partial charge in [-0.2, -0.15) is 0 Å². The van der Waals surface area contributed by atoms with Gasteiger partial charge in [-0.3, -0.25) is 0 Å². The maximum Gasteiger partial charge on any atom is 0.0703 e. The Labute approximate surface area is 88.2 Å². The predicted molar refractivity (Wildman–Crippen MR) is 59.7 cm³/mol. The van der Waals surface area contributed by atoms with Crippen LogP contribution in [0.3, 0.4) is 0 Å². The van der Waals surface area contributed by atoms with Gasteiger partial charge < -0.3 is 14.8 Å². The van der Waals surface area contributed by atoms with Crippen LogP contribution in [0.15, 0.2) is 0 Å². The zero-order valence-electron chi connectivity index (χ0n) is 10.0. The molecular formula is C11H25NO2. The molecule has 0 bridgehead atoms. The van der Waals surface area contributed by atoms with Crippen LogP contribution >= 0.6 is 0 Å². The minimum atomic E-state index is 0.346. The van der Waals surface area contributed by atoms with E-state index >= 15 is 0 Å². The van der Waals surface area contributed by atoms with Crippen molar-refractivity contribution in [2.45, 2.75) is 45.8 Å². The lowest BCUT2D eigenvalue weighted by molar-refractivity contribution is 0.0217. The predicted octanol–water partition coefficient (Wildman–Crippen LogP) is 1.82. The molecule has 0 aliphatic rings. The van der Waals surface area contributed by atoms with Gasteiger partial charge in [0.1, 0.15) is 0 Å². The first-order chi connectivity index (χ1) is 6.66. The highest BCUT2D eigenvalue weighted by molar-refractivity contribution is 4.56. The van der Waals surface area contributed by atoms with Crippen molar-refractivity contribution in [3.63, 3.8) is 0 Å². The van der Waals surface area contributed by atoms with Crippen molar-refractivity contribution in [2.75, 3.05) is 26.9 Å². The third-order valence-corrected chi connectivity index (χ3v) is 2.03. The van der Waals surface area contributed by atoms with Gasteiger partial charge in [-0.05, 0) is 26.3 Å². The van der Waals surface area contributed by atoms with E-state index in [0.717, 1.165) is 13.0 Å². The first-order valence-electron chi connectivity index (χ1n) is 5.50. The van der Waals surface area contributed by atoms with Crippen molar-refractivity contribution in [3.8, 4) is 0 Å². The van der Waals surface area contributed by atoms with E-state index in [1.807, 2.05) is 0 Å². The molecule has 0 aromatic rings. The van der Waals surface area contributed by atoms with Gasteiger partial charge in [0.05, 0.1) is 19.3 Å². The first kappa shape index (κ1) is 13.9. The highest BCUT2D eigenvalue weighted by atomic mass is 16.5. The minimum Gasteiger partial charge on any atom is -0.382 e. The molecule has 1 atom stereocenters. The second kappa shape index (κ2) is 9.44. The van der Waals surface area contributed by atoms with Gasteiger partial charge in [0, 0.05) is 13.2 Å². The summed E-state index contributed by atoms with van der Waals surface area (Å²) in [5, 5.41) is 3.39. The van der Waals surface area contributed by atoms with Gasteiger partial charge in [0.2, 0.25) is 0 Å². The minimum absolute atomic E-state index is 0.346. The maximum absolute atomic E-state index is 5.54. The third-order valence-electron chi connectivity index (χ3n) is 2.03. The zero-order chi connectivity index (χ0) is 10.8. The number of methoxy groups -OCH3 is 1. The fourth-order valence-electron chi connectivity index (χ4n) is 1.20. The van der Waals surface area contributed by atoms with Crippen molar-refractivity contribution < 1.29 is 9.47 Å². The Bertz CT molecular complexity index is 118. The Morgan fingerprint density at radius 2 is 1.86 bits per heavy atom. The summed E-state index contributed by atoms with van der Waals surface area (Å²) >= 11 is 0. The Morgan fingerprint density at radius 3 is 2.43 bits per heavy atom. The van der Waals surface area contributed by atoms with E-state index in [4.69, 9.17) is 9.47 Å².